The van der Waals surface area contributed by atoms with Crippen LogP contribution in [-0.2, 0) is 13.6 Å². The Labute approximate surface area is 181 Å². The number of halogens is 1. The van der Waals surface area contributed by atoms with E-state index in [9.17, 15) is 9.46 Å². The van der Waals surface area contributed by atoms with Crippen molar-refractivity contribution in [2.24, 2.45) is 0 Å². The fourth-order valence-electron chi connectivity index (χ4n) is 2.94. The summed E-state index contributed by atoms with van der Waals surface area (Å²) >= 11 is 0. The molecule has 28 heavy (non-hydrogen) atoms. The molecule has 0 radical (unpaired) electrons. The molecule has 1 atom stereocenters. The van der Waals surface area contributed by atoms with Gasteiger partial charge in [0.05, 0.1) is 27.7 Å². The lowest BCUT2D eigenvalue weighted by Gasteiger charge is -2.24. The molecule has 7 heteroatoms. The highest BCUT2D eigenvalue weighted by Gasteiger charge is 2.21. The van der Waals surface area contributed by atoms with Gasteiger partial charge in [0.2, 0.25) is 0 Å². The molecule has 0 aliphatic carbocycles. The van der Waals surface area contributed by atoms with Gasteiger partial charge in [0.1, 0.15) is 13.2 Å². The van der Waals surface area contributed by atoms with E-state index in [1.54, 1.807) is 0 Å². The monoisotopic (exact) mass is 443 g/mol. The molecule has 0 saturated carbocycles. The van der Waals surface area contributed by atoms with Gasteiger partial charge in [-0.2, -0.15) is 0 Å². The molecule has 0 fully saturated rings. The zero-order valence-corrected chi connectivity index (χ0v) is 20.6. The second-order valence-electron chi connectivity index (χ2n) is 8.75. The molecule has 0 aliphatic heterocycles. The maximum atomic E-state index is 11.7. The van der Waals surface area contributed by atoms with E-state index in [0.717, 1.165) is 12.8 Å². The average molecular weight is 444 g/mol. The molecule has 5 nitrogen and oxygen atoms in total. The average Bonchev–Trinajstić information content (AvgIpc) is 2.57. The Balaban J connectivity index is 0. The lowest BCUT2D eigenvalue weighted by Crippen LogP contribution is -3.00. The minimum atomic E-state index is -3.88. The predicted molar refractivity (Wildman–Crippen MR) is 115 cm³/mol. The van der Waals surface area contributed by atoms with E-state index >= 15 is 0 Å². The second-order valence-corrected chi connectivity index (χ2v) is 10.2. The fourth-order valence-corrected chi connectivity index (χ4v) is 3.69. The van der Waals surface area contributed by atoms with Crippen LogP contribution in [0.5, 0.6) is 0 Å². The summed E-state index contributed by atoms with van der Waals surface area (Å²) in [5, 5.41) is 0. The van der Waals surface area contributed by atoms with Crippen molar-refractivity contribution in [3.63, 3.8) is 0 Å². The molecule has 0 aliphatic rings. The van der Waals surface area contributed by atoms with Crippen LogP contribution in [0, 0.1) is 0 Å². The molecule has 1 N–H and O–H groups in total. The van der Waals surface area contributed by atoms with Gasteiger partial charge in [0, 0.05) is 0 Å². The van der Waals surface area contributed by atoms with E-state index in [-0.39, 0.29) is 19.0 Å². The lowest BCUT2D eigenvalue weighted by molar-refractivity contribution is -0.870. The van der Waals surface area contributed by atoms with Crippen molar-refractivity contribution in [2.45, 2.75) is 96.8 Å². The zero-order chi connectivity index (χ0) is 20.4. The van der Waals surface area contributed by atoms with E-state index in [0.29, 0.717) is 17.6 Å². The van der Waals surface area contributed by atoms with Gasteiger partial charge < -0.3 is 21.8 Å². The maximum absolute atomic E-state index is 11.7. The van der Waals surface area contributed by atoms with Gasteiger partial charge in [0.25, 0.3) is 0 Å². The van der Waals surface area contributed by atoms with Crippen LogP contribution < -0.4 is 12.4 Å². The predicted octanol–water partition coefficient (Wildman–Crippen LogP) is 3.31. The third-order valence-electron chi connectivity index (χ3n) is 4.77. The summed E-state index contributed by atoms with van der Waals surface area (Å²) in [5.74, 6) is 0. The van der Waals surface area contributed by atoms with Crippen LogP contribution >= 0.6 is 7.82 Å². The van der Waals surface area contributed by atoms with E-state index in [1.165, 1.54) is 77.0 Å². The van der Waals surface area contributed by atoms with E-state index in [1.807, 2.05) is 21.1 Å². The second kappa shape index (κ2) is 19.3. The normalized spacial score (nSPS) is 13.9. The van der Waals surface area contributed by atoms with Gasteiger partial charge >= 0.3 is 7.82 Å². The number of hydrogen-bond donors (Lipinski definition) is 1. The number of rotatable bonds is 20. The molecule has 0 bridgehead atoms. The summed E-state index contributed by atoms with van der Waals surface area (Å²) in [6.45, 7) is 3.47. The first-order valence-corrected chi connectivity index (χ1v) is 12.7. The summed E-state index contributed by atoms with van der Waals surface area (Å²) in [6.07, 6.45) is 18.1. The van der Waals surface area contributed by atoms with E-state index in [2.05, 4.69) is 6.92 Å². The topological polar surface area (TPSA) is 55.8 Å². The van der Waals surface area contributed by atoms with Gasteiger partial charge in [-0.25, -0.2) is 4.57 Å². The molecule has 0 aromatic heterocycles. The van der Waals surface area contributed by atoms with Crippen molar-refractivity contribution >= 4 is 7.82 Å². The molecule has 0 spiro atoms. The molecule has 1 unspecified atom stereocenters. The van der Waals surface area contributed by atoms with Crippen LogP contribution in [-0.4, -0.2) is 50.3 Å². The first-order valence-electron chi connectivity index (χ1n) is 11.2. The van der Waals surface area contributed by atoms with Crippen molar-refractivity contribution in [2.75, 3.05) is 40.9 Å². The number of phosphoric acid groups is 1. The zero-order valence-electron chi connectivity index (χ0n) is 19.0. The van der Waals surface area contributed by atoms with Crippen LogP contribution in [0.4, 0.5) is 0 Å². The van der Waals surface area contributed by atoms with Crippen LogP contribution in [0.2, 0.25) is 0 Å². The summed E-state index contributed by atoms with van der Waals surface area (Å²) in [4.78, 5) is 9.62. The van der Waals surface area contributed by atoms with E-state index < -0.39 is 7.82 Å². The first-order chi connectivity index (χ1) is 12.8. The summed E-state index contributed by atoms with van der Waals surface area (Å²) < 4.78 is 22.5. The van der Waals surface area contributed by atoms with Gasteiger partial charge in [0.15, 0.2) is 0 Å². The highest BCUT2D eigenvalue weighted by Crippen LogP contribution is 2.43. The lowest BCUT2D eigenvalue weighted by atomic mass is 10.0. The smallest absolute Gasteiger partial charge is 0.472 e. The Bertz CT molecular complexity index is 378. The quantitative estimate of drug-likeness (QED) is 0.178. The standard InChI is InChI=1S/C21H46NO4P.ClH/c1-5-6-7-8-9-10-11-12-13-14-15-16-17-18-20-25-27(23,24)26-21-19-22(2,3)4;/h5-21H2,1-4H3;1H. The molecule has 0 aromatic rings. The van der Waals surface area contributed by atoms with Crippen molar-refractivity contribution < 1.29 is 35.4 Å². The molecule has 0 aromatic carbocycles. The molecular formula is C21H47ClNO4P. The number of quaternary nitrogens is 1. The number of unbranched alkanes of at least 4 members (excludes halogenated alkanes) is 13. The van der Waals surface area contributed by atoms with Crippen molar-refractivity contribution in [3.05, 3.63) is 0 Å². The van der Waals surface area contributed by atoms with Crippen LogP contribution in [0.15, 0.2) is 0 Å². The number of likely N-dealkylation sites (N-methyl/N-ethyl adjacent to an activating group) is 1. The van der Waals surface area contributed by atoms with Gasteiger partial charge in [-0.05, 0) is 6.42 Å². The number of nitrogens with zero attached hydrogens (tertiary/aromatic N) is 1. The SMILES string of the molecule is CCCCCCCCCCCCCCCCOP(=O)(O)OCC[N+](C)(C)C.[Cl-]. The summed E-state index contributed by atoms with van der Waals surface area (Å²) in [7, 11) is 2.17. The Hall–Kier alpha value is 0.360. The highest BCUT2D eigenvalue weighted by molar-refractivity contribution is 7.47. The Morgan fingerprint density at radius 1 is 0.679 bits per heavy atom. The molecule has 0 heterocycles. The number of hydrogen-bond acceptors (Lipinski definition) is 3. The summed E-state index contributed by atoms with van der Waals surface area (Å²) in [6, 6.07) is 0. The van der Waals surface area contributed by atoms with Gasteiger partial charge in [-0.3, -0.25) is 9.05 Å². The van der Waals surface area contributed by atoms with Crippen molar-refractivity contribution in [1.29, 1.82) is 0 Å². The van der Waals surface area contributed by atoms with Crippen LogP contribution in [0.3, 0.4) is 0 Å². The summed E-state index contributed by atoms with van der Waals surface area (Å²) in [5.41, 5.74) is 0. The Kier molecular flexibility index (Phi) is 21.1. The third-order valence-corrected chi connectivity index (χ3v) is 5.79. The van der Waals surface area contributed by atoms with Crippen molar-refractivity contribution in [1.82, 2.24) is 0 Å². The van der Waals surface area contributed by atoms with Crippen LogP contribution in [0.25, 0.3) is 0 Å². The van der Waals surface area contributed by atoms with E-state index in [4.69, 9.17) is 9.05 Å². The van der Waals surface area contributed by atoms with Gasteiger partial charge in [-0.1, -0.05) is 90.4 Å². The Morgan fingerprint density at radius 2 is 1.04 bits per heavy atom. The van der Waals surface area contributed by atoms with Crippen molar-refractivity contribution in [3.8, 4) is 0 Å². The molecule has 0 saturated heterocycles. The van der Waals surface area contributed by atoms with Gasteiger partial charge in [-0.15, -0.1) is 0 Å². The third kappa shape index (κ3) is 24.4. The minimum Gasteiger partial charge on any atom is -1.00 e. The molecular weight excluding hydrogens is 397 g/mol. The Morgan fingerprint density at radius 3 is 1.43 bits per heavy atom. The number of phosphoric ester groups is 1. The maximum Gasteiger partial charge on any atom is 0.472 e. The fraction of sp³-hybridized carbons (Fsp3) is 1.00. The first kappa shape index (κ1) is 30.6. The highest BCUT2D eigenvalue weighted by atomic mass is 35.5. The molecule has 172 valence electrons. The molecule has 0 amide bonds. The molecule has 0 rings (SSSR count). The van der Waals surface area contributed by atoms with Crippen LogP contribution in [0.1, 0.15) is 96.8 Å². The minimum absolute atomic E-state index is 0. The largest absolute Gasteiger partial charge is 1.00 e.